The number of para-hydroxylation sites is 1. The number of aromatic amines is 1. The van der Waals surface area contributed by atoms with Crippen molar-refractivity contribution < 1.29 is 9.59 Å². The SMILES string of the molecule is O=C1[C@H]2Cc3c([nH]c4ccccc34)[C@H](c3ccccc3)N2C(=O)N1Cc1ccccn1. The molecule has 2 atom stereocenters. The predicted octanol–water partition coefficient (Wildman–Crippen LogP) is 4.04. The number of amides is 3. The van der Waals surface area contributed by atoms with Crippen molar-refractivity contribution in [3.05, 3.63) is 102 Å². The van der Waals surface area contributed by atoms with Gasteiger partial charge in [-0.2, -0.15) is 0 Å². The number of rotatable bonds is 3. The third-order valence-corrected chi connectivity index (χ3v) is 6.30. The minimum Gasteiger partial charge on any atom is -0.356 e. The fraction of sp³-hybridized carbons (Fsp3) is 0.160. The third-order valence-electron chi connectivity index (χ3n) is 6.30. The maximum Gasteiger partial charge on any atom is 0.328 e. The fourth-order valence-corrected chi connectivity index (χ4v) is 4.91. The minimum atomic E-state index is -0.520. The number of benzene rings is 2. The van der Waals surface area contributed by atoms with Crippen LogP contribution in [0, 0.1) is 0 Å². The lowest BCUT2D eigenvalue weighted by Gasteiger charge is -2.36. The van der Waals surface area contributed by atoms with Crippen molar-refractivity contribution in [3.8, 4) is 0 Å². The fourth-order valence-electron chi connectivity index (χ4n) is 4.91. The van der Waals surface area contributed by atoms with Crippen LogP contribution in [0.25, 0.3) is 10.9 Å². The van der Waals surface area contributed by atoms with Gasteiger partial charge in [0.25, 0.3) is 5.91 Å². The average Bonchev–Trinajstić information content (AvgIpc) is 3.30. The van der Waals surface area contributed by atoms with E-state index in [9.17, 15) is 9.59 Å². The number of carbonyl (C=O) groups excluding carboxylic acids is 2. The van der Waals surface area contributed by atoms with Crippen LogP contribution < -0.4 is 0 Å². The third kappa shape index (κ3) is 2.68. The normalized spacial score (nSPS) is 20.3. The summed E-state index contributed by atoms with van der Waals surface area (Å²) in [7, 11) is 0. The number of urea groups is 1. The number of fused-ring (bicyclic) bond motifs is 4. The lowest BCUT2D eigenvalue weighted by molar-refractivity contribution is -0.129. The van der Waals surface area contributed by atoms with Gasteiger partial charge in [-0.25, -0.2) is 4.79 Å². The van der Waals surface area contributed by atoms with Crippen molar-refractivity contribution in [2.45, 2.75) is 25.0 Å². The zero-order valence-corrected chi connectivity index (χ0v) is 16.7. The number of aromatic nitrogens is 2. The van der Waals surface area contributed by atoms with Crippen molar-refractivity contribution in [2.24, 2.45) is 0 Å². The number of imide groups is 1. The van der Waals surface area contributed by atoms with E-state index in [4.69, 9.17) is 0 Å². The lowest BCUT2D eigenvalue weighted by atomic mass is 9.89. The molecule has 2 aromatic carbocycles. The molecule has 1 fully saturated rings. The Bertz CT molecular complexity index is 1300. The summed E-state index contributed by atoms with van der Waals surface area (Å²) >= 11 is 0. The van der Waals surface area contributed by atoms with Gasteiger partial charge in [-0.15, -0.1) is 0 Å². The highest BCUT2D eigenvalue weighted by atomic mass is 16.2. The Hall–Kier alpha value is -3.93. The molecule has 1 N–H and O–H groups in total. The quantitative estimate of drug-likeness (QED) is 0.520. The van der Waals surface area contributed by atoms with Crippen LogP contribution in [0.2, 0.25) is 0 Å². The first-order chi connectivity index (χ1) is 15.2. The molecule has 1 saturated heterocycles. The van der Waals surface area contributed by atoms with E-state index in [1.807, 2.05) is 66.7 Å². The molecular weight excluding hydrogens is 388 g/mol. The molecule has 3 amide bonds. The van der Waals surface area contributed by atoms with Crippen molar-refractivity contribution in [1.29, 1.82) is 0 Å². The Morgan fingerprint density at radius 1 is 0.935 bits per heavy atom. The molecule has 6 heteroatoms. The molecule has 6 nitrogen and oxygen atoms in total. The topological polar surface area (TPSA) is 69.3 Å². The van der Waals surface area contributed by atoms with Crippen molar-refractivity contribution in [3.63, 3.8) is 0 Å². The maximum absolute atomic E-state index is 13.6. The van der Waals surface area contributed by atoms with E-state index >= 15 is 0 Å². The molecule has 6 rings (SSSR count). The van der Waals surface area contributed by atoms with Gasteiger partial charge < -0.3 is 4.98 Å². The van der Waals surface area contributed by atoms with Crippen LogP contribution in [0.5, 0.6) is 0 Å². The molecule has 0 bridgehead atoms. The number of pyridine rings is 1. The van der Waals surface area contributed by atoms with E-state index in [1.165, 1.54) is 4.90 Å². The first-order valence-corrected chi connectivity index (χ1v) is 10.4. The number of hydrogen-bond acceptors (Lipinski definition) is 3. The summed E-state index contributed by atoms with van der Waals surface area (Å²) < 4.78 is 0. The monoisotopic (exact) mass is 408 g/mol. The van der Waals surface area contributed by atoms with E-state index in [0.29, 0.717) is 12.1 Å². The van der Waals surface area contributed by atoms with Crippen molar-refractivity contribution in [1.82, 2.24) is 19.8 Å². The van der Waals surface area contributed by atoms with Crippen molar-refractivity contribution >= 4 is 22.8 Å². The molecule has 0 aliphatic carbocycles. The van der Waals surface area contributed by atoms with Gasteiger partial charge in [-0.1, -0.05) is 54.6 Å². The van der Waals surface area contributed by atoms with Gasteiger partial charge >= 0.3 is 6.03 Å². The van der Waals surface area contributed by atoms with Gasteiger partial charge in [0.15, 0.2) is 0 Å². The summed E-state index contributed by atoms with van der Waals surface area (Å²) in [6.07, 6.45) is 2.18. The molecule has 152 valence electrons. The first-order valence-electron chi connectivity index (χ1n) is 10.4. The predicted molar refractivity (Wildman–Crippen MR) is 116 cm³/mol. The molecule has 2 aliphatic heterocycles. The zero-order chi connectivity index (χ0) is 20.9. The summed E-state index contributed by atoms with van der Waals surface area (Å²) in [5.41, 5.74) is 4.82. The highest BCUT2D eigenvalue weighted by molar-refractivity contribution is 6.05. The standard InChI is InChI=1S/C25H20N4O2/c30-24-21-14-19-18-11-4-5-12-20(18)27-22(19)23(16-8-2-1-3-9-16)29(21)25(31)28(24)15-17-10-6-7-13-26-17/h1-13,21,23,27H,14-15H2/t21-,23+/m1/s1. The Kier molecular flexibility index (Phi) is 3.93. The number of H-pyrrole nitrogens is 1. The van der Waals surface area contributed by atoms with Crippen LogP contribution in [0.1, 0.15) is 28.6 Å². The van der Waals surface area contributed by atoms with Crippen LogP contribution in [0.4, 0.5) is 4.79 Å². The Balaban J connectivity index is 1.49. The van der Waals surface area contributed by atoms with Crippen LogP contribution in [-0.2, 0) is 17.8 Å². The van der Waals surface area contributed by atoms with Gasteiger partial charge in [-0.3, -0.25) is 19.6 Å². The smallest absolute Gasteiger partial charge is 0.328 e. The van der Waals surface area contributed by atoms with E-state index < -0.39 is 6.04 Å². The summed E-state index contributed by atoms with van der Waals surface area (Å²) in [6.45, 7) is 0.182. The second kappa shape index (κ2) is 6.80. The average molecular weight is 408 g/mol. The number of hydrogen-bond donors (Lipinski definition) is 1. The molecular formula is C25H20N4O2. The number of nitrogens with one attached hydrogen (secondary N) is 1. The summed E-state index contributed by atoms with van der Waals surface area (Å²) in [5.74, 6) is -0.160. The van der Waals surface area contributed by atoms with Gasteiger partial charge in [0.1, 0.15) is 12.1 Å². The molecule has 2 aromatic heterocycles. The minimum absolute atomic E-state index is 0.160. The summed E-state index contributed by atoms with van der Waals surface area (Å²) in [5, 5.41) is 1.11. The first kappa shape index (κ1) is 17.9. The second-order valence-electron chi connectivity index (χ2n) is 8.03. The Morgan fingerprint density at radius 3 is 2.52 bits per heavy atom. The van der Waals surface area contributed by atoms with Crippen LogP contribution >= 0.6 is 0 Å². The molecule has 0 spiro atoms. The highest BCUT2D eigenvalue weighted by Gasteiger charge is 2.52. The Morgan fingerprint density at radius 2 is 1.71 bits per heavy atom. The number of nitrogens with zero attached hydrogens (tertiary/aromatic N) is 3. The molecule has 0 radical (unpaired) electrons. The van der Waals surface area contributed by atoms with Crippen LogP contribution in [0.3, 0.4) is 0 Å². The van der Waals surface area contributed by atoms with Gasteiger partial charge in [0, 0.05) is 29.2 Å². The second-order valence-corrected chi connectivity index (χ2v) is 8.03. The lowest BCUT2D eigenvalue weighted by Crippen LogP contribution is -2.44. The van der Waals surface area contributed by atoms with Gasteiger partial charge in [-0.05, 0) is 29.3 Å². The van der Waals surface area contributed by atoms with E-state index in [1.54, 1.807) is 11.1 Å². The largest absolute Gasteiger partial charge is 0.356 e. The van der Waals surface area contributed by atoms with E-state index in [-0.39, 0.29) is 24.5 Å². The summed E-state index contributed by atoms with van der Waals surface area (Å²) in [4.78, 5) is 37.9. The molecule has 2 aliphatic rings. The maximum atomic E-state index is 13.6. The molecule has 31 heavy (non-hydrogen) atoms. The van der Waals surface area contributed by atoms with Gasteiger partial charge in [0.05, 0.1) is 12.2 Å². The van der Waals surface area contributed by atoms with Gasteiger partial charge in [0.2, 0.25) is 0 Å². The molecule has 4 heterocycles. The molecule has 4 aromatic rings. The summed E-state index contributed by atoms with van der Waals surface area (Å²) in [6, 6.07) is 22.4. The zero-order valence-electron chi connectivity index (χ0n) is 16.7. The van der Waals surface area contributed by atoms with Crippen LogP contribution in [0.15, 0.2) is 79.0 Å². The number of carbonyl (C=O) groups is 2. The van der Waals surface area contributed by atoms with Crippen molar-refractivity contribution in [2.75, 3.05) is 0 Å². The Labute approximate surface area is 179 Å². The van der Waals surface area contributed by atoms with Crippen LogP contribution in [-0.4, -0.2) is 37.7 Å². The molecule has 0 unspecified atom stereocenters. The highest BCUT2D eigenvalue weighted by Crippen LogP contribution is 2.44. The molecule has 0 saturated carbocycles. The van der Waals surface area contributed by atoms with E-state index in [2.05, 4.69) is 16.0 Å². The van der Waals surface area contributed by atoms with E-state index in [0.717, 1.165) is 27.7 Å².